The number of nitrogens with zero attached hydrogens (tertiary/aromatic N) is 1. The Morgan fingerprint density at radius 3 is 1.71 bits per heavy atom. The second-order valence-electron chi connectivity index (χ2n) is 12.7. The van der Waals surface area contributed by atoms with Crippen molar-refractivity contribution in [3.63, 3.8) is 0 Å². The Labute approximate surface area is 341 Å². The van der Waals surface area contributed by atoms with Crippen LogP contribution in [-0.2, 0) is 64.0 Å². The molecular weight excluding hydrogens is 793 g/mol. The quantitative estimate of drug-likeness (QED) is 0.101. The summed E-state index contributed by atoms with van der Waals surface area (Å²) in [6, 6.07) is 10.6. The van der Waals surface area contributed by atoms with Gasteiger partial charge < -0.3 is 52.8 Å². The predicted molar refractivity (Wildman–Crippen MR) is 212 cm³/mol. The number of hydrogen-bond acceptors (Lipinski definition) is 13. The Balaban J connectivity index is 1.08. The van der Waals surface area contributed by atoms with Gasteiger partial charge in [-0.15, -0.1) is 0 Å². The van der Waals surface area contributed by atoms with Crippen molar-refractivity contribution in [3.05, 3.63) is 63.1 Å². The Morgan fingerprint density at radius 2 is 1.18 bits per heavy atom. The molecule has 0 saturated carbocycles. The van der Waals surface area contributed by atoms with E-state index < -0.39 is 10.0 Å². The van der Waals surface area contributed by atoms with Gasteiger partial charge in [0.25, 0.3) is 0 Å². The van der Waals surface area contributed by atoms with Crippen LogP contribution in [0.15, 0.2) is 41.3 Å². The number of methoxy groups -OCH3 is 1. The second kappa shape index (κ2) is 29.2. The lowest BCUT2D eigenvalue weighted by molar-refractivity contribution is -0.122. The smallest absolute Gasteiger partial charge is 0.240 e. The first-order chi connectivity index (χ1) is 27.2. The monoisotopic (exact) mass is 851 g/mol. The number of amides is 1. The topological polar surface area (TPSA) is 162 Å². The van der Waals surface area contributed by atoms with E-state index in [1.165, 1.54) is 0 Å². The molecule has 1 amide bonds. The van der Waals surface area contributed by atoms with Crippen LogP contribution in [0.5, 0.6) is 0 Å². The number of ether oxygens (including phenoxy) is 9. The van der Waals surface area contributed by atoms with Crippen molar-refractivity contribution in [2.45, 2.75) is 23.8 Å². The zero-order valence-corrected chi connectivity index (χ0v) is 34.9. The fourth-order valence-corrected chi connectivity index (χ4v) is 7.11. The number of rotatable bonds is 33. The van der Waals surface area contributed by atoms with Gasteiger partial charge in [-0.25, -0.2) is 13.1 Å². The van der Waals surface area contributed by atoms with E-state index in [1.54, 1.807) is 25.3 Å². The van der Waals surface area contributed by atoms with Crippen molar-refractivity contribution in [2.24, 2.45) is 0 Å². The number of carbonyl (C=O) groups excluding carboxylic acids is 1. The van der Waals surface area contributed by atoms with Crippen molar-refractivity contribution in [1.82, 2.24) is 14.9 Å². The maximum Gasteiger partial charge on any atom is 0.240 e. The van der Waals surface area contributed by atoms with Gasteiger partial charge in [-0.2, -0.15) is 0 Å². The molecule has 0 radical (unpaired) electrons. The third kappa shape index (κ3) is 20.1. The minimum atomic E-state index is -3.70. The van der Waals surface area contributed by atoms with E-state index in [-0.39, 0.29) is 36.3 Å². The molecule has 318 valence electrons. The molecule has 56 heavy (non-hydrogen) atoms. The van der Waals surface area contributed by atoms with Crippen LogP contribution in [0.3, 0.4) is 0 Å². The van der Waals surface area contributed by atoms with Crippen molar-refractivity contribution < 1.29 is 55.8 Å². The van der Waals surface area contributed by atoms with E-state index in [1.807, 2.05) is 25.2 Å². The van der Waals surface area contributed by atoms with Gasteiger partial charge in [0, 0.05) is 55.7 Å². The van der Waals surface area contributed by atoms with Crippen molar-refractivity contribution in [1.29, 1.82) is 0 Å². The summed E-state index contributed by atoms with van der Waals surface area (Å²) in [5.74, 6) is -0.0979. The molecule has 1 aliphatic rings. The van der Waals surface area contributed by atoms with Gasteiger partial charge in [0.2, 0.25) is 15.9 Å². The summed E-state index contributed by atoms with van der Waals surface area (Å²) < 4.78 is 76.6. The molecule has 0 fully saturated rings. The predicted octanol–water partition coefficient (Wildman–Crippen LogP) is 3.13. The van der Waals surface area contributed by atoms with Gasteiger partial charge in [-0.3, -0.25) is 4.79 Å². The lowest BCUT2D eigenvalue weighted by Crippen LogP contribution is -2.31. The molecule has 0 aromatic heterocycles. The fraction of sp³-hybridized carbons (Fsp3) is 0.658. The first kappa shape index (κ1) is 48.4. The van der Waals surface area contributed by atoms with Crippen molar-refractivity contribution in [3.8, 4) is 0 Å². The van der Waals surface area contributed by atoms with Gasteiger partial charge >= 0.3 is 0 Å². The van der Waals surface area contributed by atoms with Crippen LogP contribution in [0.1, 0.15) is 29.0 Å². The molecule has 0 spiro atoms. The Hall–Kier alpha value is -2.00. The lowest BCUT2D eigenvalue weighted by Gasteiger charge is -2.33. The van der Waals surface area contributed by atoms with Gasteiger partial charge in [0.05, 0.1) is 117 Å². The number of benzene rings is 2. The van der Waals surface area contributed by atoms with Gasteiger partial charge in [-0.1, -0.05) is 35.3 Å². The van der Waals surface area contributed by atoms with Gasteiger partial charge in [-0.05, 0) is 48.0 Å². The lowest BCUT2D eigenvalue weighted by atomic mass is 9.85. The molecule has 0 bridgehead atoms. The summed E-state index contributed by atoms with van der Waals surface area (Å²) in [5, 5.41) is 4.00. The van der Waals surface area contributed by atoms with E-state index in [0.717, 1.165) is 29.8 Å². The Bertz CT molecular complexity index is 1480. The van der Waals surface area contributed by atoms with Gasteiger partial charge in [0.15, 0.2) is 0 Å². The minimum absolute atomic E-state index is 0.0208. The van der Waals surface area contributed by atoms with Crippen LogP contribution in [-0.4, -0.2) is 165 Å². The average Bonchev–Trinajstić information content (AvgIpc) is 3.18. The number of halogens is 2. The fourth-order valence-electron chi connectivity index (χ4n) is 5.52. The number of likely N-dealkylation sites (N-methyl/N-ethyl adjacent to an activating group) is 1. The highest BCUT2D eigenvalue weighted by Crippen LogP contribution is 2.38. The minimum Gasteiger partial charge on any atom is -0.382 e. The molecule has 2 aromatic rings. The maximum atomic E-state index is 12.8. The van der Waals surface area contributed by atoms with E-state index >= 15 is 0 Å². The zero-order valence-electron chi connectivity index (χ0n) is 32.6. The number of sulfonamides is 1. The zero-order chi connectivity index (χ0) is 40.3. The largest absolute Gasteiger partial charge is 0.382 e. The van der Waals surface area contributed by atoms with Crippen LogP contribution in [0, 0.1) is 0 Å². The Kier molecular flexibility index (Phi) is 25.3. The van der Waals surface area contributed by atoms with Gasteiger partial charge in [0.1, 0.15) is 0 Å². The highest BCUT2D eigenvalue weighted by molar-refractivity contribution is 7.89. The summed E-state index contributed by atoms with van der Waals surface area (Å²) in [7, 11) is -0.0427. The maximum absolute atomic E-state index is 12.8. The molecule has 0 aliphatic carbocycles. The molecule has 0 saturated heterocycles. The van der Waals surface area contributed by atoms with Crippen molar-refractivity contribution >= 4 is 39.1 Å². The van der Waals surface area contributed by atoms with E-state index in [2.05, 4.69) is 14.9 Å². The molecule has 1 unspecified atom stereocenters. The summed E-state index contributed by atoms with van der Waals surface area (Å²) in [4.78, 5) is 14.3. The molecule has 2 N–H and O–H groups in total. The molecular formula is C38H59Cl2N3O12S. The summed E-state index contributed by atoms with van der Waals surface area (Å²) in [6.45, 7) is 9.14. The summed E-state index contributed by atoms with van der Waals surface area (Å²) >= 11 is 12.8. The highest BCUT2D eigenvalue weighted by Gasteiger charge is 2.27. The molecule has 2 aromatic carbocycles. The third-order valence-electron chi connectivity index (χ3n) is 8.33. The van der Waals surface area contributed by atoms with Crippen LogP contribution >= 0.6 is 23.2 Å². The molecule has 15 nitrogen and oxygen atoms in total. The average molecular weight is 853 g/mol. The standard InChI is InChI=1S/C38H59Cl2N3O12S/c1-43-29-35(34-27-32(39)28-37(40)36(34)30-43)31-3-5-33(6-4-31)56(45,46)42-9-12-50-17-20-53-19-16-49-11-8-41-38(44)7-10-48-15-18-52-23-24-55-26-25-54-22-21-51-14-13-47-2/h3-6,27-28,35,42H,7-26,29-30H2,1-2H3,(H,41,44). The third-order valence-corrected chi connectivity index (χ3v) is 10.4. The molecule has 1 atom stereocenters. The first-order valence-corrected chi connectivity index (χ1v) is 21.1. The molecule has 3 rings (SSSR count). The van der Waals surface area contributed by atoms with E-state index in [0.29, 0.717) is 122 Å². The Morgan fingerprint density at radius 1 is 0.696 bits per heavy atom. The second-order valence-corrected chi connectivity index (χ2v) is 15.3. The molecule has 18 heteroatoms. The summed E-state index contributed by atoms with van der Waals surface area (Å²) in [6.07, 6.45) is 0.249. The van der Waals surface area contributed by atoms with E-state index in [4.69, 9.17) is 65.8 Å². The first-order valence-electron chi connectivity index (χ1n) is 18.8. The number of fused-ring (bicyclic) bond motifs is 1. The van der Waals surface area contributed by atoms with E-state index in [9.17, 15) is 13.2 Å². The van der Waals surface area contributed by atoms with Crippen LogP contribution in [0.2, 0.25) is 10.0 Å². The van der Waals surface area contributed by atoms with Crippen molar-refractivity contribution in [2.75, 3.05) is 146 Å². The number of hydrogen-bond donors (Lipinski definition) is 2. The number of carbonyl (C=O) groups is 1. The molecule has 1 aliphatic heterocycles. The normalized spacial score (nSPS) is 14.6. The SMILES string of the molecule is COCCOCCOCCOCCOCCOCCC(=O)NCCOCCOCCOCCNS(=O)(=O)c1ccc(C2CN(C)Cc3c(Cl)cc(Cl)cc32)cc1. The number of nitrogens with one attached hydrogen (secondary N) is 2. The van der Waals surface area contributed by atoms with Crippen LogP contribution < -0.4 is 10.0 Å². The molecule has 1 heterocycles. The van der Waals surface area contributed by atoms with Crippen LogP contribution in [0.4, 0.5) is 0 Å². The summed E-state index contributed by atoms with van der Waals surface area (Å²) in [5.41, 5.74) is 3.09. The van der Waals surface area contributed by atoms with Crippen LogP contribution in [0.25, 0.3) is 0 Å². The highest BCUT2D eigenvalue weighted by atomic mass is 35.5.